The number of fused-ring (bicyclic) bond motifs is 1. The van der Waals surface area contributed by atoms with Crippen LogP contribution in [0.15, 0.2) is 24.3 Å². The van der Waals surface area contributed by atoms with Gasteiger partial charge in [-0.25, -0.2) is 4.79 Å². The van der Waals surface area contributed by atoms with E-state index in [0.29, 0.717) is 17.9 Å². The van der Waals surface area contributed by atoms with Crippen molar-refractivity contribution in [2.45, 2.75) is 70.0 Å². The molecule has 3 atom stereocenters. The third kappa shape index (κ3) is 5.32. The Morgan fingerprint density at radius 1 is 1.14 bits per heavy atom. The third-order valence-electron chi connectivity index (χ3n) is 5.35. The normalized spacial score (nSPS) is 24.0. The first kappa shape index (κ1) is 20.3. The molecule has 1 heterocycles. The Bertz CT molecular complexity index is 704. The van der Waals surface area contributed by atoms with Gasteiger partial charge >= 0.3 is 5.97 Å². The second kappa shape index (κ2) is 9.68. The Hall–Kier alpha value is -2.41. The fourth-order valence-corrected chi connectivity index (χ4v) is 3.75. The summed E-state index contributed by atoms with van der Waals surface area (Å²) in [6.45, 7) is 2.44. The molecule has 0 radical (unpaired) electrons. The number of hydrogen-bond acceptors (Lipinski definition) is 5. The van der Waals surface area contributed by atoms with E-state index in [1.165, 1.54) is 0 Å². The molecular formula is C21H29N3O4. The monoisotopic (exact) mass is 387 g/mol. The Morgan fingerprint density at radius 2 is 1.86 bits per heavy atom. The van der Waals surface area contributed by atoms with E-state index in [1.54, 1.807) is 24.3 Å². The molecule has 2 fully saturated rings. The smallest absolute Gasteiger partial charge is 0.338 e. The van der Waals surface area contributed by atoms with Crippen molar-refractivity contribution < 1.29 is 19.1 Å². The molecule has 3 N–H and O–H groups in total. The van der Waals surface area contributed by atoms with E-state index in [1.807, 2.05) is 6.92 Å². The lowest BCUT2D eigenvalue weighted by molar-refractivity contribution is -0.129. The van der Waals surface area contributed by atoms with Crippen molar-refractivity contribution in [3.05, 3.63) is 29.8 Å². The van der Waals surface area contributed by atoms with Crippen LogP contribution >= 0.6 is 0 Å². The number of hydrogen-bond donors (Lipinski definition) is 3. The molecule has 1 saturated carbocycles. The van der Waals surface area contributed by atoms with Crippen LogP contribution in [0, 0.1) is 0 Å². The molecule has 0 spiro atoms. The summed E-state index contributed by atoms with van der Waals surface area (Å²) in [7, 11) is 0. The number of benzene rings is 1. The highest BCUT2D eigenvalue weighted by Crippen LogP contribution is 2.22. The van der Waals surface area contributed by atoms with E-state index in [-0.39, 0.29) is 36.3 Å². The quantitative estimate of drug-likeness (QED) is 0.493. The molecule has 1 aliphatic heterocycles. The highest BCUT2D eigenvalue weighted by Gasteiger charge is 2.36. The molecule has 1 aliphatic carbocycles. The van der Waals surface area contributed by atoms with Gasteiger partial charge in [0.25, 0.3) is 0 Å². The van der Waals surface area contributed by atoms with Crippen molar-refractivity contribution in [3.8, 4) is 0 Å². The number of anilines is 1. The first-order valence-corrected chi connectivity index (χ1v) is 10.2. The highest BCUT2D eigenvalue weighted by molar-refractivity contribution is 5.96. The lowest BCUT2D eigenvalue weighted by Crippen LogP contribution is -2.65. The summed E-state index contributed by atoms with van der Waals surface area (Å²) in [4.78, 5) is 36.5. The zero-order valence-electron chi connectivity index (χ0n) is 16.3. The third-order valence-corrected chi connectivity index (χ3v) is 5.35. The number of rotatable bonds is 7. The van der Waals surface area contributed by atoms with Gasteiger partial charge in [0.2, 0.25) is 11.8 Å². The maximum atomic E-state index is 12.4. The van der Waals surface area contributed by atoms with Crippen LogP contribution < -0.4 is 16.0 Å². The van der Waals surface area contributed by atoms with Crippen molar-refractivity contribution in [2.75, 3.05) is 11.9 Å². The summed E-state index contributed by atoms with van der Waals surface area (Å²) in [5.41, 5.74) is 1.03. The zero-order valence-corrected chi connectivity index (χ0v) is 16.3. The van der Waals surface area contributed by atoms with Gasteiger partial charge in [-0.2, -0.15) is 0 Å². The van der Waals surface area contributed by atoms with Gasteiger partial charge in [0.15, 0.2) is 0 Å². The number of piperazine rings is 1. The second-order valence-electron chi connectivity index (χ2n) is 7.54. The number of carbonyl (C=O) groups excluding carboxylic acids is 3. The summed E-state index contributed by atoms with van der Waals surface area (Å²) in [6.07, 6.45) is 6.19. The molecule has 0 bridgehead atoms. The van der Waals surface area contributed by atoms with Crippen molar-refractivity contribution in [3.63, 3.8) is 0 Å². The summed E-state index contributed by atoms with van der Waals surface area (Å²) < 4.78 is 5.17. The number of unbranched alkanes of at least 4 members (excludes halogenated alkanes) is 1. The molecule has 2 amide bonds. The lowest BCUT2D eigenvalue weighted by Gasteiger charge is -2.40. The van der Waals surface area contributed by atoms with Crippen molar-refractivity contribution in [1.29, 1.82) is 0 Å². The maximum absolute atomic E-state index is 12.4. The van der Waals surface area contributed by atoms with Gasteiger partial charge in [-0.15, -0.1) is 0 Å². The minimum absolute atomic E-state index is 0.0792. The number of ether oxygens (including phenoxy) is 1. The van der Waals surface area contributed by atoms with Gasteiger partial charge < -0.3 is 20.7 Å². The van der Waals surface area contributed by atoms with Gasteiger partial charge in [0.1, 0.15) is 0 Å². The van der Waals surface area contributed by atoms with Gasteiger partial charge in [0.05, 0.1) is 24.6 Å². The van der Waals surface area contributed by atoms with Crippen LogP contribution in [0.1, 0.15) is 62.2 Å². The molecular weight excluding hydrogens is 358 g/mol. The average Bonchev–Trinajstić information content (AvgIpc) is 2.69. The maximum Gasteiger partial charge on any atom is 0.338 e. The van der Waals surface area contributed by atoms with Gasteiger partial charge in [-0.05, 0) is 43.5 Å². The molecule has 152 valence electrons. The number of carbonyl (C=O) groups is 3. The van der Waals surface area contributed by atoms with Crippen LogP contribution in [0.25, 0.3) is 0 Å². The predicted molar refractivity (Wildman–Crippen MR) is 106 cm³/mol. The first-order valence-electron chi connectivity index (χ1n) is 10.2. The Kier molecular flexibility index (Phi) is 7.03. The van der Waals surface area contributed by atoms with E-state index >= 15 is 0 Å². The van der Waals surface area contributed by atoms with Gasteiger partial charge in [-0.1, -0.05) is 26.2 Å². The van der Waals surface area contributed by atoms with Crippen LogP contribution in [0.3, 0.4) is 0 Å². The first-order chi connectivity index (χ1) is 13.6. The summed E-state index contributed by atoms with van der Waals surface area (Å²) in [5, 5.41) is 9.17. The zero-order chi connectivity index (χ0) is 19.9. The Morgan fingerprint density at radius 3 is 2.57 bits per heavy atom. The molecule has 1 aromatic rings. The molecule has 1 saturated heterocycles. The second-order valence-corrected chi connectivity index (χ2v) is 7.54. The highest BCUT2D eigenvalue weighted by atomic mass is 16.5. The summed E-state index contributed by atoms with van der Waals surface area (Å²) >= 11 is 0. The predicted octanol–water partition coefficient (Wildman–Crippen LogP) is 2.37. The molecule has 7 heteroatoms. The van der Waals surface area contributed by atoms with E-state index in [2.05, 4.69) is 16.0 Å². The minimum atomic E-state index is -0.507. The number of nitrogens with one attached hydrogen (secondary N) is 3. The molecule has 2 aliphatic rings. The molecule has 0 unspecified atom stereocenters. The van der Waals surface area contributed by atoms with E-state index in [9.17, 15) is 14.4 Å². The standard InChI is InChI=1S/C21H29N3O4/c1-2-3-12-28-21(27)14-8-10-15(11-9-14)22-19(25)13-18-20(26)24-17-7-5-4-6-16(17)23-18/h8-11,16-18,23H,2-7,12-13H2,1H3,(H,22,25)(H,24,26)/t16-,17+,18+/m0/s1. The molecule has 3 rings (SSSR count). The Balaban J connectivity index is 1.49. The molecule has 7 nitrogen and oxygen atoms in total. The fourth-order valence-electron chi connectivity index (χ4n) is 3.75. The van der Waals surface area contributed by atoms with Gasteiger partial charge in [-0.3, -0.25) is 9.59 Å². The molecule has 28 heavy (non-hydrogen) atoms. The van der Waals surface area contributed by atoms with Crippen LogP contribution in [-0.4, -0.2) is 42.5 Å². The van der Waals surface area contributed by atoms with Crippen molar-refractivity contribution in [2.24, 2.45) is 0 Å². The van der Waals surface area contributed by atoms with E-state index in [0.717, 1.165) is 38.5 Å². The largest absolute Gasteiger partial charge is 0.462 e. The lowest BCUT2D eigenvalue weighted by atomic mass is 9.87. The van der Waals surface area contributed by atoms with E-state index < -0.39 is 6.04 Å². The fraction of sp³-hybridized carbons (Fsp3) is 0.571. The average molecular weight is 387 g/mol. The summed E-state index contributed by atoms with van der Waals surface area (Å²) in [5.74, 6) is -0.708. The van der Waals surface area contributed by atoms with Crippen LogP contribution in [-0.2, 0) is 14.3 Å². The Labute approximate surface area is 165 Å². The van der Waals surface area contributed by atoms with Crippen LogP contribution in [0.4, 0.5) is 5.69 Å². The number of esters is 1. The number of amides is 2. The minimum Gasteiger partial charge on any atom is -0.462 e. The van der Waals surface area contributed by atoms with Crippen LogP contribution in [0.5, 0.6) is 0 Å². The SMILES string of the molecule is CCCCOC(=O)c1ccc(NC(=O)C[C@H]2N[C@H]3CCCC[C@H]3NC2=O)cc1. The van der Waals surface area contributed by atoms with Crippen molar-refractivity contribution in [1.82, 2.24) is 10.6 Å². The topological polar surface area (TPSA) is 96.5 Å². The van der Waals surface area contributed by atoms with Crippen LogP contribution in [0.2, 0.25) is 0 Å². The van der Waals surface area contributed by atoms with Gasteiger partial charge in [0, 0.05) is 17.8 Å². The summed E-state index contributed by atoms with van der Waals surface area (Å²) in [6, 6.07) is 6.52. The molecule has 0 aromatic heterocycles. The van der Waals surface area contributed by atoms with E-state index in [4.69, 9.17) is 4.74 Å². The van der Waals surface area contributed by atoms with Crippen molar-refractivity contribution >= 4 is 23.5 Å². The molecule has 1 aromatic carbocycles.